The molecule has 1 aliphatic carbocycles. The number of likely N-dealkylation sites (tertiary alicyclic amines) is 1. The van der Waals surface area contributed by atoms with Crippen LogP contribution >= 0.6 is 0 Å². The standard InChI is InChI=1S/C22H25F3N4O/c1-28-7-6-17-19(12-28)26-27-20(17)21(30)29-10-14-8-13(9-15(14)11-29)16-4-2-3-5-18(16)22(23,24)25/h2-5,13-15H,6-12H2,1H3,(H,26,27)/t13-,14+,15-. The number of hydrogen-bond acceptors (Lipinski definition) is 3. The van der Waals surface area contributed by atoms with Crippen molar-refractivity contribution in [2.24, 2.45) is 11.8 Å². The van der Waals surface area contributed by atoms with Crippen LogP contribution in [0.2, 0.25) is 0 Å². The van der Waals surface area contributed by atoms with E-state index in [9.17, 15) is 18.0 Å². The Morgan fingerprint density at radius 3 is 2.57 bits per heavy atom. The van der Waals surface area contributed by atoms with Gasteiger partial charge in [0.1, 0.15) is 0 Å². The number of aromatic amines is 1. The maximum atomic E-state index is 13.4. The molecule has 2 aromatic rings. The zero-order valence-electron chi connectivity index (χ0n) is 16.9. The zero-order chi connectivity index (χ0) is 21.0. The summed E-state index contributed by atoms with van der Waals surface area (Å²) in [7, 11) is 2.04. The first-order chi connectivity index (χ1) is 14.3. The van der Waals surface area contributed by atoms with Gasteiger partial charge in [0, 0.05) is 31.7 Å². The molecule has 1 aromatic carbocycles. The van der Waals surface area contributed by atoms with Gasteiger partial charge in [-0.1, -0.05) is 18.2 Å². The van der Waals surface area contributed by atoms with Crippen molar-refractivity contribution in [3.63, 3.8) is 0 Å². The molecule has 5 nitrogen and oxygen atoms in total. The van der Waals surface area contributed by atoms with Crippen LogP contribution in [0.4, 0.5) is 13.2 Å². The second kappa shape index (κ2) is 7.11. The first-order valence-corrected chi connectivity index (χ1v) is 10.5. The summed E-state index contributed by atoms with van der Waals surface area (Å²) in [4.78, 5) is 17.2. The van der Waals surface area contributed by atoms with Gasteiger partial charge in [-0.2, -0.15) is 18.3 Å². The van der Waals surface area contributed by atoms with Gasteiger partial charge in [-0.15, -0.1) is 0 Å². The third kappa shape index (κ3) is 3.31. The van der Waals surface area contributed by atoms with Gasteiger partial charge < -0.3 is 9.80 Å². The lowest BCUT2D eigenvalue weighted by atomic mass is 9.91. The number of rotatable bonds is 2. The van der Waals surface area contributed by atoms with Crippen LogP contribution in [0.15, 0.2) is 24.3 Å². The molecule has 0 radical (unpaired) electrons. The van der Waals surface area contributed by atoms with E-state index in [1.807, 2.05) is 11.9 Å². The van der Waals surface area contributed by atoms with Gasteiger partial charge >= 0.3 is 6.18 Å². The van der Waals surface area contributed by atoms with E-state index in [1.165, 1.54) is 12.1 Å². The number of alkyl halides is 3. The fraction of sp³-hybridized carbons (Fsp3) is 0.545. The second-order valence-corrected chi connectivity index (χ2v) is 9.00. The second-order valence-electron chi connectivity index (χ2n) is 9.00. The van der Waals surface area contributed by atoms with Crippen molar-refractivity contribution in [2.45, 2.75) is 37.9 Å². The number of fused-ring (bicyclic) bond motifs is 2. The van der Waals surface area contributed by atoms with Crippen LogP contribution in [-0.4, -0.2) is 52.6 Å². The lowest BCUT2D eigenvalue weighted by molar-refractivity contribution is -0.138. The van der Waals surface area contributed by atoms with Crippen LogP contribution in [0.25, 0.3) is 0 Å². The number of aromatic nitrogens is 2. The molecule has 1 saturated carbocycles. The van der Waals surface area contributed by atoms with E-state index in [0.29, 0.717) is 37.2 Å². The highest BCUT2D eigenvalue weighted by atomic mass is 19.4. The highest BCUT2D eigenvalue weighted by Gasteiger charge is 2.45. The molecule has 2 fully saturated rings. The number of carbonyl (C=O) groups excluding carboxylic acids is 1. The number of carbonyl (C=O) groups is 1. The summed E-state index contributed by atoms with van der Waals surface area (Å²) in [5, 5.41) is 7.32. The summed E-state index contributed by atoms with van der Waals surface area (Å²) in [6, 6.07) is 5.93. The first-order valence-electron chi connectivity index (χ1n) is 10.5. The number of halogens is 3. The summed E-state index contributed by atoms with van der Waals surface area (Å²) < 4.78 is 40.2. The number of amides is 1. The predicted octanol–water partition coefficient (Wildman–Crippen LogP) is 3.68. The fourth-order valence-corrected chi connectivity index (χ4v) is 5.61. The Bertz CT molecular complexity index is 956. The Kier molecular flexibility index (Phi) is 4.65. The van der Waals surface area contributed by atoms with Gasteiger partial charge in [-0.3, -0.25) is 9.89 Å². The summed E-state index contributed by atoms with van der Waals surface area (Å²) in [5.74, 6) is 0.365. The number of H-pyrrole nitrogens is 1. The van der Waals surface area contributed by atoms with E-state index >= 15 is 0 Å². The highest BCUT2D eigenvalue weighted by molar-refractivity contribution is 5.94. The van der Waals surface area contributed by atoms with Gasteiger partial charge in [-0.25, -0.2) is 0 Å². The SMILES string of the molecule is CN1CCc2c(C(=O)N3C[C@H]4C[C@H](c5ccccc5C(F)(F)F)C[C@H]4C3)n[nH]c2C1. The van der Waals surface area contributed by atoms with E-state index in [2.05, 4.69) is 15.1 Å². The fourth-order valence-electron chi connectivity index (χ4n) is 5.61. The Labute approximate surface area is 173 Å². The van der Waals surface area contributed by atoms with Crippen molar-refractivity contribution in [1.82, 2.24) is 20.0 Å². The number of nitrogens with zero attached hydrogens (tertiary/aromatic N) is 3. The Hall–Kier alpha value is -2.35. The average molecular weight is 418 g/mol. The molecular formula is C22H25F3N4O. The van der Waals surface area contributed by atoms with Gasteiger partial charge in [-0.05, 0) is 55.7 Å². The maximum absolute atomic E-state index is 13.4. The maximum Gasteiger partial charge on any atom is 0.416 e. The molecule has 1 N–H and O–H groups in total. The Morgan fingerprint density at radius 1 is 1.17 bits per heavy atom. The molecule has 0 spiro atoms. The summed E-state index contributed by atoms with van der Waals surface area (Å²) in [5.41, 5.74) is 2.44. The van der Waals surface area contributed by atoms with Crippen molar-refractivity contribution in [3.8, 4) is 0 Å². The lowest BCUT2D eigenvalue weighted by Gasteiger charge is -2.23. The smallest absolute Gasteiger partial charge is 0.337 e. The first kappa shape index (κ1) is 19.6. The largest absolute Gasteiger partial charge is 0.416 e. The number of benzene rings is 1. The minimum atomic E-state index is -4.33. The molecule has 1 aromatic heterocycles. The molecule has 3 atom stereocenters. The van der Waals surface area contributed by atoms with E-state index in [1.54, 1.807) is 12.1 Å². The van der Waals surface area contributed by atoms with Gasteiger partial charge in [0.15, 0.2) is 5.69 Å². The van der Waals surface area contributed by atoms with Crippen LogP contribution in [0.1, 0.15) is 51.6 Å². The molecule has 0 bridgehead atoms. The van der Waals surface area contributed by atoms with Crippen LogP contribution in [0.5, 0.6) is 0 Å². The molecule has 3 heterocycles. The summed E-state index contributed by atoms with van der Waals surface area (Å²) in [6.07, 6.45) is -2.13. The molecule has 5 rings (SSSR count). The topological polar surface area (TPSA) is 52.2 Å². The Balaban J connectivity index is 1.29. The van der Waals surface area contributed by atoms with E-state index < -0.39 is 11.7 Å². The third-order valence-corrected chi connectivity index (χ3v) is 7.07. The van der Waals surface area contributed by atoms with Crippen LogP contribution in [0.3, 0.4) is 0 Å². The van der Waals surface area contributed by atoms with E-state index in [-0.39, 0.29) is 23.7 Å². The minimum Gasteiger partial charge on any atom is -0.337 e. The van der Waals surface area contributed by atoms with Crippen LogP contribution in [-0.2, 0) is 19.1 Å². The average Bonchev–Trinajstić information content (AvgIpc) is 3.39. The molecule has 3 aliphatic rings. The van der Waals surface area contributed by atoms with Gasteiger partial charge in [0.05, 0.1) is 11.3 Å². The Morgan fingerprint density at radius 2 is 1.87 bits per heavy atom. The molecule has 30 heavy (non-hydrogen) atoms. The number of hydrogen-bond donors (Lipinski definition) is 1. The summed E-state index contributed by atoms with van der Waals surface area (Å²) in [6.45, 7) is 2.88. The normalized spacial score (nSPS) is 26.7. The van der Waals surface area contributed by atoms with E-state index in [4.69, 9.17) is 0 Å². The molecule has 1 amide bonds. The zero-order valence-corrected chi connectivity index (χ0v) is 16.9. The van der Waals surface area contributed by atoms with Crippen LogP contribution < -0.4 is 0 Å². The molecule has 160 valence electrons. The van der Waals surface area contributed by atoms with Crippen molar-refractivity contribution in [2.75, 3.05) is 26.7 Å². The quantitative estimate of drug-likeness (QED) is 0.810. The molecule has 8 heteroatoms. The predicted molar refractivity (Wildman–Crippen MR) is 105 cm³/mol. The van der Waals surface area contributed by atoms with E-state index in [0.717, 1.165) is 30.8 Å². The van der Waals surface area contributed by atoms with Crippen molar-refractivity contribution in [3.05, 3.63) is 52.3 Å². The lowest BCUT2D eigenvalue weighted by Crippen LogP contribution is -2.32. The monoisotopic (exact) mass is 418 g/mol. The van der Waals surface area contributed by atoms with Gasteiger partial charge in [0.2, 0.25) is 0 Å². The van der Waals surface area contributed by atoms with Crippen molar-refractivity contribution in [1.29, 1.82) is 0 Å². The number of nitrogens with one attached hydrogen (secondary N) is 1. The van der Waals surface area contributed by atoms with Crippen molar-refractivity contribution >= 4 is 5.91 Å². The highest BCUT2D eigenvalue weighted by Crippen LogP contribution is 2.49. The third-order valence-electron chi connectivity index (χ3n) is 7.07. The number of likely N-dealkylation sites (N-methyl/N-ethyl adjacent to an activating group) is 1. The molecular weight excluding hydrogens is 393 g/mol. The molecule has 2 aliphatic heterocycles. The van der Waals surface area contributed by atoms with Crippen LogP contribution in [0, 0.1) is 11.8 Å². The minimum absolute atomic E-state index is 0.0429. The molecule has 0 unspecified atom stereocenters. The molecule has 1 saturated heterocycles. The van der Waals surface area contributed by atoms with Crippen molar-refractivity contribution < 1.29 is 18.0 Å². The van der Waals surface area contributed by atoms with Gasteiger partial charge in [0.25, 0.3) is 5.91 Å². The summed E-state index contributed by atoms with van der Waals surface area (Å²) >= 11 is 0.